The van der Waals surface area contributed by atoms with Crippen LogP contribution in [0.1, 0.15) is 149 Å². The van der Waals surface area contributed by atoms with Crippen molar-refractivity contribution in [2.24, 2.45) is 5.92 Å². The minimum Gasteiger partial charge on any atom is -0.394 e. The first-order chi connectivity index (χ1) is 16.6. The lowest BCUT2D eigenvalue weighted by Gasteiger charge is -2.24. The van der Waals surface area contributed by atoms with Gasteiger partial charge in [-0.15, -0.1) is 0 Å². The summed E-state index contributed by atoms with van der Waals surface area (Å²) < 4.78 is 0. The van der Waals surface area contributed by atoms with E-state index < -0.39 is 12.1 Å². The molecule has 202 valence electrons. The van der Waals surface area contributed by atoms with Crippen LogP contribution in [0.2, 0.25) is 0 Å². The maximum Gasteiger partial charge on any atom is 0.223 e. The van der Waals surface area contributed by atoms with Crippen LogP contribution in [0.5, 0.6) is 0 Å². The smallest absolute Gasteiger partial charge is 0.223 e. The van der Waals surface area contributed by atoms with Crippen LogP contribution >= 0.6 is 0 Å². The summed E-state index contributed by atoms with van der Waals surface area (Å²) in [5, 5.41) is 23.1. The fourth-order valence-electron chi connectivity index (χ4n) is 4.51. The van der Waals surface area contributed by atoms with E-state index in [1.54, 1.807) is 6.08 Å². The van der Waals surface area contributed by atoms with Gasteiger partial charge in [0.1, 0.15) is 0 Å². The fraction of sp³-hybridized carbons (Fsp3) is 0.900. The van der Waals surface area contributed by atoms with Gasteiger partial charge in [-0.05, 0) is 25.7 Å². The summed E-state index contributed by atoms with van der Waals surface area (Å²) in [7, 11) is 0. The molecule has 0 aliphatic heterocycles. The molecule has 3 atom stereocenters. The van der Waals surface area contributed by atoms with Gasteiger partial charge in [0.15, 0.2) is 0 Å². The molecule has 3 N–H and O–H groups in total. The van der Waals surface area contributed by atoms with Crippen molar-refractivity contribution >= 4 is 5.91 Å². The first-order valence-electron chi connectivity index (χ1n) is 14.9. The minimum absolute atomic E-state index is 0.0122. The molecule has 0 saturated carbocycles. The Kier molecular flexibility index (Phi) is 24.6. The van der Waals surface area contributed by atoms with Crippen LogP contribution in [0.15, 0.2) is 12.2 Å². The average molecular weight is 482 g/mol. The van der Waals surface area contributed by atoms with Crippen LogP contribution < -0.4 is 5.32 Å². The summed E-state index contributed by atoms with van der Waals surface area (Å²) >= 11 is 0. The standard InChI is InChI=1S/C30H59NO3/c1-4-7-10-12-13-14-15-16-17-18-19-20-22-25-29(33)28(26-32)31-30(34)27(23-9-6-3)24-21-11-8-5-2/h22,25,27-29,32-33H,4-21,23-24,26H2,1-3H3,(H,31,34)/b25-22+. The quantitative estimate of drug-likeness (QED) is 0.0918. The summed E-state index contributed by atoms with van der Waals surface area (Å²) in [6.07, 6.45) is 27.0. The first-order valence-corrected chi connectivity index (χ1v) is 14.9. The summed E-state index contributed by atoms with van der Waals surface area (Å²) in [4.78, 5) is 12.8. The number of nitrogens with one attached hydrogen (secondary N) is 1. The molecule has 4 nitrogen and oxygen atoms in total. The molecule has 3 unspecified atom stereocenters. The van der Waals surface area contributed by atoms with E-state index in [-0.39, 0.29) is 18.4 Å². The second-order valence-electron chi connectivity index (χ2n) is 10.2. The highest BCUT2D eigenvalue weighted by molar-refractivity contribution is 5.79. The molecule has 0 aliphatic rings. The second-order valence-corrected chi connectivity index (χ2v) is 10.2. The third kappa shape index (κ3) is 19.4. The molecule has 0 aromatic carbocycles. The van der Waals surface area contributed by atoms with Gasteiger partial charge in [-0.1, -0.05) is 136 Å². The molecule has 4 heteroatoms. The van der Waals surface area contributed by atoms with E-state index in [9.17, 15) is 15.0 Å². The third-order valence-electron chi connectivity index (χ3n) is 6.93. The Morgan fingerprint density at radius 1 is 0.706 bits per heavy atom. The van der Waals surface area contributed by atoms with Crippen molar-refractivity contribution in [3.63, 3.8) is 0 Å². The minimum atomic E-state index is -0.839. The zero-order valence-electron chi connectivity index (χ0n) is 23.0. The van der Waals surface area contributed by atoms with Crippen molar-refractivity contribution in [1.29, 1.82) is 0 Å². The van der Waals surface area contributed by atoms with E-state index in [1.165, 1.54) is 83.5 Å². The number of hydrogen-bond acceptors (Lipinski definition) is 3. The van der Waals surface area contributed by atoms with Crippen LogP contribution in [0.3, 0.4) is 0 Å². The second kappa shape index (κ2) is 25.2. The van der Waals surface area contributed by atoms with Crippen molar-refractivity contribution in [3.05, 3.63) is 12.2 Å². The highest BCUT2D eigenvalue weighted by atomic mass is 16.3. The van der Waals surface area contributed by atoms with Gasteiger partial charge in [0.05, 0.1) is 18.8 Å². The predicted molar refractivity (Wildman–Crippen MR) is 147 cm³/mol. The van der Waals surface area contributed by atoms with Gasteiger partial charge >= 0.3 is 0 Å². The number of hydrogen-bond donors (Lipinski definition) is 3. The molecule has 1 amide bonds. The van der Waals surface area contributed by atoms with E-state index in [0.717, 1.165) is 44.9 Å². The molecule has 0 heterocycles. The van der Waals surface area contributed by atoms with E-state index in [1.807, 2.05) is 6.08 Å². The Balaban J connectivity index is 4.11. The predicted octanol–water partition coefficient (Wildman–Crippen LogP) is 7.86. The topological polar surface area (TPSA) is 69.6 Å². The Bertz CT molecular complexity index is 466. The Morgan fingerprint density at radius 3 is 1.71 bits per heavy atom. The van der Waals surface area contributed by atoms with Gasteiger partial charge in [-0.2, -0.15) is 0 Å². The lowest BCUT2D eigenvalue weighted by Crippen LogP contribution is -2.47. The van der Waals surface area contributed by atoms with Gasteiger partial charge in [-0.25, -0.2) is 0 Å². The molecule has 0 aromatic rings. The summed E-state index contributed by atoms with van der Waals surface area (Å²) in [6.45, 7) is 6.36. The normalized spacial score (nSPS) is 14.4. The van der Waals surface area contributed by atoms with Crippen LogP contribution in [-0.2, 0) is 4.79 Å². The number of rotatable bonds is 25. The largest absolute Gasteiger partial charge is 0.394 e. The van der Waals surface area contributed by atoms with Gasteiger partial charge in [0.2, 0.25) is 5.91 Å². The number of carbonyl (C=O) groups is 1. The van der Waals surface area contributed by atoms with Crippen LogP contribution in [0.25, 0.3) is 0 Å². The van der Waals surface area contributed by atoms with Crippen molar-refractivity contribution in [2.75, 3.05) is 6.61 Å². The molecular formula is C30H59NO3. The Labute approximate surface area is 212 Å². The number of amides is 1. The summed E-state index contributed by atoms with van der Waals surface area (Å²) in [5.41, 5.74) is 0. The highest BCUT2D eigenvalue weighted by Crippen LogP contribution is 2.18. The van der Waals surface area contributed by atoms with Crippen molar-refractivity contribution in [2.45, 2.75) is 161 Å². The number of aliphatic hydroxyl groups is 2. The summed E-state index contributed by atoms with van der Waals surface area (Å²) in [5.74, 6) is -0.0276. The van der Waals surface area contributed by atoms with Gasteiger partial charge in [0.25, 0.3) is 0 Å². The number of unbranched alkanes of at least 4 members (excludes halogenated alkanes) is 15. The molecular weight excluding hydrogens is 422 g/mol. The molecule has 0 rings (SSSR count). The maximum absolute atomic E-state index is 12.8. The average Bonchev–Trinajstić information content (AvgIpc) is 2.84. The van der Waals surface area contributed by atoms with E-state index in [4.69, 9.17) is 0 Å². The van der Waals surface area contributed by atoms with Gasteiger partial charge < -0.3 is 15.5 Å². The van der Waals surface area contributed by atoms with E-state index in [0.29, 0.717) is 0 Å². The monoisotopic (exact) mass is 481 g/mol. The molecule has 0 fully saturated rings. The molecule has 0 radical (unpaired) electrons. The molecule has 34 heavy (non-hydrogen) atoms. The Morgan fingerprint density at radius 2 is 1.18 bits per heavy atom. The van der Waals surface area contributed by atoms with E-state index in [2.05, 4.69) is 26.1 Å². The maximum atomic E-state index is 12.8. The van der Waals surface area contributed by atoms with Crippen LogP contribution in [-0.4, -0.2) is 34.9 Å². The lowest BCUT2D eigenvalue weighted by atomic mass is 9.94. The Hall–Kier alpha value is -0.870. The molecule has 0 spiro atoms. The van der Waals surface area contributed by atoms with Gasteiger partial charge in [-0.3, -0.25) is 4.79 Å². The zero-order chi connectivity index (χ0) is 25.3. The highest BCUT2D eigenvalue weighted by Gasteiger charge is 2.23. The number of carbonyl (C=O) groups excluding carboxylic acids is 1. The lowest BCUT2D eigenvalue weighted by molar-refractivity contribution is -0.127. The third-order valence-corrected chi connectivity index (χ3v) is 6.93. The summed E-state index contributed by atoms with van der Waals surface area (Å²) in [6, 6.07) is -0.624. The van der Waals surface area contributed by atoms with Gasteiger partial charge in [0, 0.05) is 5.92 Å². The van der Waals surface area contributed by atoms with Crippen molar-refractivity contribution in [1.82, 2.24) is 5.32 Å². The molecule has 0 aromatic heterocycles. The van der Waals surface area contributed by atoms with Crippen molar-refractivity contribution in [3.8, 4) is 0 Å². The first kappa shape index (κ1) is 33.1. The molecule has 0 aliphatic carbocycles. The van der Waals surface area contributed by atoms with Crippen molar-refractivity contribution < 1.29 is 15.0 Å². The number of allylic oxidation sites excluding steroid dienone is 1. The number of aliphatic hydroxyl groups excluding tert-OH is 2. The molecule has 0 saturated heterocycles. The van der Waals surface area contributed by atoms with E-state index >= 15 is 0 Å². The molecule has 0 bridgehead atoms. The zero-order valence-corrected chi connectivity index (χ0v) is 23.0. The fourth-order valence-corrected chi connectivity index (χ4v) is 4.51. The van der Waals surface area contributed by atoms with Crippen LogP contribution in [0, 0.1) is 5.92 Å². The SMILES string of the molecule is CCCCCCCCCCCCC/C=C/C(O)C(CO)NC(=O)C(CCCC)CCCCCC. The van der Waals surface area contributed by atoms with Crippen LogP contribution in [0.4, 0.5) is 0 Å².